The number of hydrogen-bond acceptors (Lipinski definition) is 7. The maximum Gasteiger partial charge on any atom is 0.228 e. The highest BCUT2D eigenvalue weighted by molar-refractivity contribution is 7.27. The van der Waals surface area contributed by atoms with E-state index in [-0.39, 0.29) is 0 Å². The van der Waals surface area contributed by atoms with Crippen molar-refractivity contribution in [1.82, 2.24) is 19.9 Å². The zero-order valence-electron chi connectivity index (χ0n) is 34.7. The molecule has 5 nitrogen and oxygen atoms in total. The summed E-state index contributed by atoms with van der Waals surface area (Å²) in [7, 11) is 0. The minimum Gasteiger partial charge on any atom is -0.436 e. The third-order valence-corrected chi connectivity index (χ3v) is 15.5. The topological polar surface area (TPSA) is 64.7 Å². The van der Waals surface area contributed by atoms with Gasteiger partial charge in [-0.15, -0.1) is 22.7 Å². The zero-order chi connectivity index (χ0) is 42.6. The predicted octanol–water partition coefficient (Wildman–Crippen LogP) is 16.0. The normalized spacial score (nSPS) is 12.5. The molecule has 0 N–H and O–H groups in total. The molecule has 0 spiro atoms. The summed E-state index contributed by atoms with van der Waals surface area (Å²) in [5.74, 6) is 2.63. The van der Waals surface area contributed by atoms with Crippen molar-refractivity contribution in [3.8, 4) is 67.9 Å². The predicted molar refractivity (Wildman–Crippen MR) is 271 cm³/mol. The second kappa shape index (κ2) is 14.3. The van der Waals surface area contributed by atoms with E-state index in [1.807, 2.05) is 6.07 Å². The number of fused-ring (bicyclic) bond motifs is 12. The van der Waals surface area contributed by atoms with Crippen molar-refractivity contribution in [2.24, 2.45) is 0 Å². The molecular weight excluding hydrogens is 833 g/mol. The Balaban J connectivity index is 0.888. The highest BCUT2D eigenvalue weighted by atomic mass is 32.1. The molecule has 0 aliphatic heterocycles. The number of aryl methyl sites for hydroxylation is 2. The molecule has 0 fully saturated rings. The van der Waals surface area contributed by atoms with Crippen LogP contribution in [0.1, 0.15) is 11.1 Å². The zero-order valence-corrected chi connectivity index (χ0v) is 36.4. The molecule has 14 rings (SSSR count). The molecule has 65 heavy (non-hydrogen) atoms. The smallest absolute Gasteiger partial charge is 0.228 e. The van der Waals surface area contributed by atoms with Crippen LogP contribution in [-0.2, 0) is 12.8 Å². The molecule has 4 heterocycles. The third kappa shape index (κ3) is 5.83. The van der Waals surface area contributed by atoms with Crippen molar-refractivity contribution in [2.45, 2.75) is 12.8 Å². The van der Waals surface area contributed by atoms with Crippen molar-refractivity contribution < 1.29 is 4.42 Å². The molecule has 1 aliphatic carbocycles. The van der Waals surface area contributed by atoms with Gasteiger partial charge in [-0.1, -0.05) is 152 Å². The fourth-order valence-electron chi connectivity index (χ4n) is 9.98. The van der Waals surface area contributed by atoms with Crippen LogP contribution in [0.15, 0.2) is 186 Å². The summed E-state index contributed by atoms with van der Waals surface area (Å²) >= 11 is 3.60. The maximum atomic E-state index is 6.46. The van der Waals surface area contributed by atoms with Crippen molar-refractivity contribution >= 4 is 84.9 Å². The number of oxazole rings is 1. The molecular formula is C58H34N4OS2. The highest BCUT2D eigenvalue weighted by Crippen LogP contribution is 2.45. The van der Waals surface area contributed by atoms with E-state index in [9.17, 15) is 0 Å². The van der Waals surface area contributed by atoms with Crippen LogP contribution in [-0.4, -0.2) is 19.9 Å². The maximum absolute atomic E-state index is 6.46. The first-order chi connectivity index (χ1) is 32.2. The van der Waals surface area contributed by atoms with Gasteiger partial charge in [-0.2, -0.15) is 0 Å². The van der Waals surface area contributed by atoms with Crippen LogP contribution in [0.5, 0.6) is 0 Å². The van der Waals surface area contributed by atoms with Gasteiger partial charge in [-0.3, -0.25) is 0 Å². The molecule has 13 aromatic rings. The van der Waals surface area contributed by atoms with E-state index < -0.39 is 0 Å². The van der Waals surface area contributed by atoms with Crippen molar-refractivity contribution in [2.75, 3.05) is 0 Å². The first kappa shape index (κ1) is 36.6. The largest absolute Gasteiger partial charge is 0.436 e. The lowest BCUT2D eigenvalue weighted by Gasteiger charge is -2.20. The summed E-state index contributed by atoms with van der Waals surface area (Å²) in [6.07, 6.45) is 2.00. The molecule has 304 valence electrons. The number of thiophene rings is 2. The van der Waals surface area contributed by atoms with Crippen LogP contribution in [0, 0.1) is 0 Å². The monoisotopic (exact) mass is 866 g/mol. The Morgan fingerprint density at radius 2 is 1.00 bits per heavy atom. The van der Waals surface area contributed by atoms with Gasteiger partial charge in [0, 0.05) is 62.4 Å². The Morgan fingerprint density at radius 3 is 1.89 bits per heavy atom. The van der Waals surface area contributed by atoms with Crippen LogP contribution in [0.4, 0.5) is 0 Å². The van der Waals surface area contributed by atoms with Crippen LogP contribution in [0.25, 0.3) is 130 Å². The van der Waals surface area contributed by atoms with Crippen molar-refractivity contribution in [3.05, 3.63) is 193 Å². The summed E-state index contributed by atoms with van der Waals surface area (Å²) in [6, 6.07) is 64.8. The lowest BCUT2D eigenvalue weighted by molar-refractivity contribution is 0.621. The van der Waals surface area contributed by atoms with Crippen LogP contribution in [0.3, 0.4) is 0 Å². The number of nitrogens with zero attached hydrogens (tertiary/aromatic N) is 4. The average Bonchev–Trinajstić information content (AvgIpc) is 4.10. The molecule has 1 aliphatic rings. The molecule has 0 atom stereocenters. The van der Waals surface area contributed by atoms with Gasteiger partial charge >= 0.3 is 0 Å². The van der Waals surface area contributed by atoms with Gasteiger partial charge in [-0.05, 0) is 81.9 Å². The lowest BCUT2D eigenvalue weighted by Crippen LogP contribution is -2.05. The van der Waals surface area contributed by atoms with E-state index in [4.69, 9.17) is 24.4 Å². The van der Waals surface area contributed by atoms with E-state index in [2.05, 4.69) is 176 Å². The SMILES string of the molecule is c1ccc2c(c1)CCc1cc(-c3nc(-c4ccc(-c5cccc6c5sc5c(-c7nc8c(ccc9ccccc98)o7)cccc56)cc4)nc(-c4cccc5sc6ccccc6c45)n3)ccc1-2. The third-order valence-electron chi connectivity index (χ3n) is 13.1. The van der Waals surface area contributed by atoms with Crippen LogP contribution in [0.2, 0.25) is 0 Å². The van der Waals surface area contributed by atoms with E-state index in [0.29, 0.717) is 23.4 Å². The molecule has 0 unspecified atom stereocenters. The van der Waals surface area contributed by atoms with Gasteiger partial charge in [-0.25, -0.2) is 19.9 Å². The molecule has 9 aromatic carbocycles. The second-order valence-corrected chi connectivity index (χ2v) is 18.9. The molecule has 0 saturated heterocycles. The lowest BCUT2D eigenvalue weighted by atomic mass is 9.85. The quantitative estimate of drug-likeness (QED) is 0.172. The number of benzene rings is 9. The van der Waals surface area contributed by atoms with Crippen molar-refractivity contribution in [3.63, 3.8) is 0 Å². The second-order valence-electron chi connectivity index (χ2n) is 16.8. The average molecular weight is 867 g/mol. The molecule has 7 heteroatoms. The van der Waals surface area contributed by atoms with Gasteiger partial charge in [0.1, 0.15) is 5.52 Å². The molecule has 4 aromatic heterocycles. The Morgan fingerprint density at radius 1 is 0.385 bits per heavy atom. The molecule has 0 amide bonds. The number of rotatable bonds is 5. The Kier molecular flexibility index (Phi) is 8.08. The highest BCUT2D eigenvalue weighted by Gasteiger charge is 2.22. The molecule has 0 bridgehead atoms. The summed E-state index contributed by atoms with van der Waals surface area (Å²) in [5.41, 5.74) is 13.3. The van der Waals surface area contributed by atoms with E-state index in [1.54, 1.807) is 22.7 Å². The van der Waals surface area contributed by atoms with Gasteiger partial charge in [0.05, 0.1) is 5.56 Å². The van der Waals surface area contributed by atoms with Crippen LogP contribution < -0.4 is 0 Å². The Labute approximate surface area is 381 Å². The number of hydrogen-bond donors (Lipinski definition) is 0. The minimum absolute atomic E-state index is 0.639. The first-order valence-corrected chi connectivity index (χ1v) is 23.5. The fourth-order valence-corrected chi connectivity index (χ4v) is 12.5. The van der Waals surface area contributed by atoms with Gasteiger partial charge in [0.2, 0.25) is 5.89 Å². The van der Waals surface area contributed by atoms with Gasteiger partial charge in [0.25, 0.3) is 0 Å². The molecule has 0 saturated carbocycles. The summed E-state index contributed by atoms with van der Waals surface area (Å²) in [5, 5.41) is 7.05. The molecule has 0 radical (unpaired) electrons. The van der Waals surface area contributed by atoms with E-state index in [0.717, 1.165) is 67.2 Å². The minimum atomic E-state index is 0.639. The standard InChI is InChI=1S/C58H34N4OS2/c1-3-12-39-33(10-1)24-27-37-32-38(28-30-40(37)39)56-60-55(61-57(62-56)46-18-9-21-50-51(46)45-14-5-6-20-49(45)64-50)36-25-22-35(23-26-36)42-15-7-16-43-44-17-8-19-47(54(44)65-53(42)43)58-59-52-41-13-4-2-11-34(41)29-31-48(52)63-58/h1-23,25-26,28-32H,24,27H2. The Hall–Kier alpha value is -7.84. The summed E-state index contributed by atoms with van der Waals surface area (Å²) in [6.45, 7) is 0. The van der Waals surface area contributed by atoms with Crippen LogP contribution >= 0.6 is 22.7 Å². The fraction of sp³-hybridized carbons (Fsp3) is 0.0345. The number of aromatic nitrogens is 4. The summed E-state index contributed by atoms with van der Waals surface area (Å²) in [4.78, 5) is 20.9. The van der Waals surface area contributed by atoms with Gasteiger partial charge < -0.3 is 4.42 Å². The van der Waals surface area contributed by atoms with E-state index in [1.165, 1.54) is 63.5 Å². The van der Waals surface area contributed by atoms with Gasteiger partial charge in [0.15, 0.2) is 23.1 Å². The van der Waals surface area contributed by atoms with Crippen molar-refractivity contribution in [1.29, 1.82) is 0 Å². The Bertz CT molecular complexity index is 4090. The summed E-state index contributed by atoms with van der Waals surface area (Å²) < 4.78 is 11.3. The first-order valence-electron chi connectivity index (χ1n) is 21.9. The van der Waals surface area contributed by atoms with E-state index >= 15 is 0 Å².